The van der Waals surface area contributed by atoms with Crippen molar-refractivity contribution in [1.29, 1.82) is 0 Å². The molecule has 0 aliphatic carbocycles. The van der Waals surface area contributed by atoms with E-state index in [-0.39, 0.29) is 12.5 Å². The van der Waals surface area contributed by atoms with Crippen molar-refractivity contribution in [1.82, 2.24) is 0 Å². The van der Waals surface area contributed by atoms with E-state index < -0.39 is 0 Å². The standard InChI is InChI=1S/C22H29ClN2O3/c1-3-4-5-6-7-14-28-19-11-8-17(9-12-19)25-22(26)16-24-18-10-13-21(27-2)20(23)15-18/h8-13,15,24H,3-7,14,16H2,1-2H3,(H,25,26). The maximum atomic E-state index is 12.1. The molecule has 2 N–H and O–H groups in total. The number of anilines is 2. The number of amides is 1. The Bertz CT molecular complexity index is 735. The maximum absolute atomic E-state index is 12.1. The van der Waals surface area contributed by atoms with Crippen molar-refractivity contribution < 1.29 is 14.3 Å². The van der Waals surface area contributed by atoms with Crippen LogP contribution in [0.3, 0.4) is 0 Å². The minimum absolute atomic E-state index is 0.138. The van der Waals surface area contributed by atoms with Crippen molar-refractivity contribution in [2.75, 3.05) is 30.9 Å². The molecule has 0 spiro atoms. The van der Waals surface area contributed by atoms with E-state index in [0.29, 0.717) is 10.8 Å². The number of methoxy groups -OCH3 is 1. The number of nitrogens with one attached hydrogen (secondary N) is 2. The van der Waals surface area contributed by atoms with Gasteiger partial charge < -0.3 is 20.1 Å². The lowest BCUT2D eigenvalue weighted by molar-refractivity contribution is -0.114. The first-order valence-corrected chi connectivity index (χ1v) is 10.1. The molecule has 2 rings (SSSR count). The molecule has 28 heavy (non-hydrogen) atoms. The van der Waals surface area contributed by atoms with E-state index in [1.807, 2.05) is 30.3 Å². The molecule has 0 aliphatic rings. The highest BCUT2D eigenvalue weighted by Gasteiger charge is 2.05. The van der Waals surface area contributed by atoms with Gasteiger partial charge in [-0.2, -0.15) is 0 Å². The Morgan fingerprint density at radius 1 is 1.00 bits per heavy atom. The van der Waals surface area contributed by atoms with E-state index in [1.165, 1.54) is 25.7 Å². The second-order valence-corrected chi connectivity index (χ2v) is 6.95. The highest BCUT2D eigenvalue weighted by molar-refractivity contribution is 6.32. The number of halogens is 1. The maximum Gasteiger partial charge on any atom is 0.243 e. The summed E-state index contributed by atoms with van der Waals surface area (Å²) in [5, 5.41) is 6.39. The van der Waals surface area contributed by atoms with E-state index in [4.69, 9.17) is 21.1 Å². The number of ether oxygens (including phenoxy) is 2. The van der Waals surface area contributed by atoms with Crippen LogP contribution >= 0.6 is 11.6 Å². The van der Waals surface area contributed by atoms with Gasteiger partial charge in [0.25, 0.3) is 0 Å². The molecule has 2 aromatic carbocycles. The summed E-state index contributed by atoms with van der Waals surface area (Å²) in [7, 11) is 1.56. The van der Waals surface area contributed by atoms with Gasteiger partial charge >= 0.3 is 0 Å². The average molecular weight is 405 g/mol. The summed E-state index contributed by atoms with van der Waals surface area (Å²) in [6.45, 7) is 3.07. The minimum atomic E-state index is -0.142. The molecular formula is C22H29ClN2O3. The lowest BCUT2D eigenvalue weighted by atomic mass is 10.2. The van der Waals surface area contributed by atoms with Gasteiger partial charge in [-0.15, -0.1) is 0 Å². The molecule has 0 heterocycles. The molecule has 0 fully saturated rings. The van der Waals surface area contributed by atoms with Crippen molar-refractivity contribution >= 4 is 28.9 Å². The first-order chi connectivity index (χ1) is 13.6. The molecule has 0 atom stereocenters. The third kappa shape index (κ3) is 7.69. The Kier molecular flexibility index (Phi) is 9.49. The van der Waals surface area contributed by atoms with Gasteiger partial charge in [-0.1, -0.05) is 44.2 Å². The Hall–Kier alpha value is -2.40. The van der Waals surface area contributed by atoms with Gasteiger partial charge in [0.05, 0.1) is 25.3 Å². The summed E-state index contributed by atoms with van der Waals surface area (Å²) < 4.78 is 10.8. The van der Waals surface area contributed by atoms with Gasteiger partial charge in [-0.3, -0.25) is 4.79 Å². The first kappa shape index (κ1) is 21.9. The molecule has 0 saturated carbocycles. The second kappa shape index (κ2) is 12.1. The zero-order valence-corrected chi connectivity index (χ0v) is 17.3. The molecule has 1 amide bonds. The zero-order chi connectivity index (χ0) is 20.2. The normalized spacial score (nSPS) is 10.4. The summed E-state index contributed by atoms with van der Waals surface area (Å²) in [6, 6.07) is 12.7. The third-order valence-corrected chi connectivity index (χ3v) is 4.55. The molecule has 152 valence electrons. The highest BCUT2D eigenvalue weighted by Crippen LogP contribution is 2.27. The molecule has 5 nitrogen and oxygen atoms in total. The van der Waals surface area contributed by atoms with Crippen LogP contribution in [0.25, 0.3) is 0 Å². The van der Waals surface area contributed by atoms with Crippen molar-refractivity contribution in [2.45, 2.75) is 39.0 Å². The van der Waals surface area contributed by atoms with Crippen molar-refractivity contribution in [3.05, 3.63) is 47.5 Å². The number of unbranched alkanes of at least 4 members (excludes halogenated alkanes) is 4. The predicted molar refractivity (Wildman–Crippen MR) is 116 cm³/mol. The average Bonchev–Trinajstić information content (AvgIpc) is 2.70. The summed E-state index contributed by atoms with van der Waals surface area (Å²) in [4.78, 5) is 12.1. The van der Waals surface area contributed by atoms with Crippen LogP contribution in [0.4, 0.5) is 11.4 Å². The van der Waals surface area contributed by atoms with Crippen molar-refractivity contribution in [3.8, 4) is 11.5 Å². The van der Waals surface area contributed by atoms with Crippen LogP contribution in [0.2, 0.25) is 5.02 Å². The van der Waals surface area contributed by atoms with Gasteiger partial charge in [-0.05, 0) is 48.9 Å². The van der Waals surface area contributed by atoms with Gasteiger partial charge in [0, 0.05) is 11.4 Å². The molecule has 0 aromatic heterocycles. The van der Waals surface area contributed by atoms with Gasteiger partial charge in [0.2, 0.25) is 5.91 Å². The van der Waals surface area contributed by atoms with Crippen molar-refractivity contribution in [2.24, 2.45) is 0 Å². The molecular weight excluding hydrogens is 376 g/mol. The Morgan fingerprint density at radius 3 is 2.39 bits per heavy atom. The lowest BCUT2D eigenvalue weighted by Gasteiger charge is -2.10. The lowest BCUT2D eigenvalue weighted by Crippen LogP contribution is -2.21. The Balaban J connectivity index is 1.71. The van der Waals surface area contributed by atoms with Crippen molar-refractivity contribution in [3.63, 3.8) is 0 Å². The first-order valence-electron chi connectivity index (χ1n) is 9.72. The van der Waals surface area contributed by atoms with Crippen LogP contribution in [0.15, 0.2) is 42.5 Å². The number of rotatable bonds is 12. The highest BCUT2D eigenvalue weighted by atomic mass is 35.5. The van der Waals surface area contributed by atoms with E-state index in [0.717, 1.165) is 30.2 Å². The fourth-order valence-corrected chi connectivity index (χ4v) is 2.95. The topological polar surface area (TPSA) is 59.6 Å². The number of carbonyl (C=O) groups is 1. The number of hydrogen-bond donors (Lipinski definition) is 2. The number of carbonyl (C=O) groups excluding carboxylic acids is 1. The van der Waals surface area contributed by atoms with Crippen LogP contribution in [0.5, 0.6) is 11.5 Å². The van der Waals surface area contributed by atoms with Gasteiger partial charge in [-0.25, -0.2) is 0 Å². The Morgan fingerprint density at radius 2 is 1.71 bits per heavy atom. The van der Waals surface area contributed by atoms with E-state index >= 15 is 0 Å². The summed E-state index contributed by atoms with van der Waals surface area (Å²) in [5.41, 5.74) is 1.48. The van der Waals surface area contributed by atoms with E-state index in [2.05, 4.69) is 17.6 Å². The van der Waals surface area contributed by atoms with Crippen LogP contribution in [0.1, 0.15) is 39.0 Å². The number of hydrogen-bond acceptors (Lipinski definition) is 4. The Labute approximate surface area is 172 Å². The molecule has 0 saturated heterocycles. The predicted octanol–water partition coefficient (Wildman–Crippen LogP) is 5.75. The molecule has 0 unspecified atom stereocenters. The van der Waals surface area contributed by atoms with Crippen LogP contribution in [0, 0.1) is 0 Å². The largest absolute Gasteiger partial charge is 0.495 e. The van der Waals surface area contributed by atoms with Crippen LogP contribution < -0.4 is 20.1 Å². The summed E-state index contributed by atoms with van der Waals surface area (Å²) in [6.07, 6.45) is 6.07. The fourth-order valence-electron chi connectivity index (χ4n) is 2.69. The van der Waals surface area contributed by atoms with E-state index in [9.17, 15) is 4.79 Å². The summed E-state index contributed by atoms with van der Waals surface area (Å²) in [5.74, 6) is 1.27. The second-order valence-electron chi connectivity index (χ2n) is 6.54. The van der Waals surface area contributed by atoms with E-state index in [1.54, 1.807) is 19.2 Å². The number of benzene rings is 2. The SMILES string of the molecule is CCCCCCCOc1ccc(NC(=O)CNc2ccc(OC)c(Cl)c2)cc1. The quantitative estimate of drug-likeness (QED) is 0.442. The monoisotopic (exact) mass is 404 g/mol. The molecule has 6 heteroatoms. The third-order valence-electron chi connectivity index (χ3n) is 4.26. The fraction of sp³-hybridized carbons (Fsp3) is 0.409. The van der Waals surface area contributed by atoms with Crippen LogP contribution in [-0.2, 0) is 4.79 Å². The molecule has 0 aliphatic heterocycles. The minimum Gasteiger partial charge on any atom is -0.495 e. The summed E-state index contributed by atoms with van der Waals surface area (Å²) >= 11 is 6.08. The van der Waals surface area contributed by atoms with Crippen LogP contribution in [-0.4, -0.2) is 26.2 Å². The van der Waals surface area contributed by atoms with Gasteiger partial charge in [0.1, 0.15) is 11.5 Å². The molecule has 0 bridgehead atoms. The molecule has 2 aromatic rings. The smallest absolute Gasteiger partial charge is 0.243 e. The zero-order valence-electron chi connectivity index (χ0n) is 16.6. The molecule has 0 radical (unpaired) electrons. The van der Waals surface area contributed by atoms with Gasteiger partial charge in [0.15, 0.2) is 0 Å².